The fourth-order valence-corrected chi connectivity index (χ4v) is 2.49. The predicted octanol–water partition coefficient (Wildman–Crippen LogP) is 3.84. The molecule has 3 nitrogen and oxygen atoms in total. The molecule has 2 rings (SSSR count). The van der Waals surface area contributed by atoms with E-state index in [4.69, 9.17) is 39.9 Å². The smallest absolute Gasteiger partial charge is 0.339 e. The second kappa shape index (κ2) is 3.84. The summed E-state index contributed by atoms with van der Waals surface area (Å²) in [6.07, 6.45) is 0. The van der Waals surface area contributed by atoms with Crippen molar-refractivity contribution in [3.63, 3.8) is 0 Å². The Hall–Kier alpha value is -0.900. The van der Waals surface area contributed by atoms with Crippen LogP contribution >= 0.6 is 34.8 Å². The topological polar surface area (TPSA) is 42.2 Å². The van der Waals surface area contributed by atoms with E-state index in [0.29, 0.717) is 15.9 Å². The number of carboxylic acid groups (broad SMARTS) is 1. The molecule has 6 heteroatoms. The summed E-state index contributed by atoms with van der Waals surface area (Å²) < 4.78 is 1.54. The van der Waals surface area contributed by atoms with Crippen molar-refractivity contribution >= 4 is 51.7 Å². The third-order valence-electron chi connectivity index (χ3n) is 2.36. The Labute approximate surface area is 106 Å². The van der Waals surface area contributed by atoms with Crippen molar-refractivity contribution in [3.8, 4) is 0 Å². The number of nitrogens with zero attached hydrogens (tertiary/aromatic N) is 1. The minimum absolute atomic E-state index is 0.000772. The lowest BCUT2D eigenvalue weighted by Gasteiger charge is -1.99. The number of rotatable bonds is 1. The maximum absolute atomic E-state index is 11.1. The lowest BCUT2D eigenvalue weighted by molar-refractivity contribution is 0.0699. The zero-order valence-electron chi connectivity index (χ0n) is 8.09. The molecule has 1 N–H and O–H groups in total. The molecule has 1 aromatic carbocycles. The van der Waals surface area contributed by atoms with Gasteiger partial charge in [-0.2, -0.15) is 0 Å². The Balaban J connectivity index is 3.02. The minimum Gasteiger partial charge on any atom is -0.478 e. The summed E-state index contributed by atoms with van der Waals surface area (Å²) >= 11 is 17.8. The molecule has 0 saturated heterocycles. The molecule has 0 aliphatic carbocycles. The molecule has 16 heavy (non-hydrogen) atoms. The zero-order chi connectivity index (χ0) is 12.0. The number of aromatic nitrogens is 1. The lowest BCUT2D eigenvalue weighted by atomic mass is 10.2. The molecule has 0 atom stereocenters. The Bertz CT molecular complexity index is 604. The van der Waals surface area contributed by atoms with Crippen molar-refractivity contribution < 1.29 is 9.90 Å². The zero-order valence-corrected chi connectivity index (χ0v) is 10.4. The monoisotopic (exact) mass is 277 g/mol. The van der Waals surface area contributed by atoms with Gasteiger partial charge in [0.05, 0.1) is 10.5 Å². The van der Waals surface area contributed by atoms with Crippen LogP contribution in [0.25, 0.3) is 10.9 Å². The van der Waals surface area contributed by atoms with Gasteiger partial charge in [0, 0.05) is 17.5 Å². The normalized spacial score (nSPS) is 11.0. The lowest BCUT2D eigenvalue weighted by Crippen LogP contribution is -1.96. The predicted molar refractivity (Wildman–Crippen MR) is 64.9 cm³/mol. The van der Waals surface area contributed by atoms with Crippen LogP contribution < -0.4 is 0 Å². The first kappa shape index (κ1) is 11.6. The van der Waals surface area contributed by atoms with Crippen molar-refractivity contribution in [3.05, 3.63) is 32.9 Å². The summed E-state index contributed by atoms with van der Waals surface area (Å²) in [5.41, 5.74) is 0.598. The van der Waals surface area contributed by atoms with Crippen molar-refractivity contribution in [2.75, 3.05) is 0 Å². The van der Waals surface area contributed by atoms with Crippen LogP contribution in [0, 0.1) is 0 Å². The highest BCUT2D eigenvalue weighted by Crippen LogP contribution is 2.36. The molecular weight excluding hydrogens is 272 g/mol. The van der Waals surface area contributed by atoms with Gasteiger partial charge in [-0.15, -0.1) is 0 Å². The summed E-state index contributed by atoms with van der Waals surface area (Å²) in [5.74, 6) is -1.11. The van der Waals surface area contributed by atoms with E-state index in [2.05, 4.69) is 0 Å². The maximum atomic E-state index is 11.1. The number of hydrogen-bond acceptors (Lipinski definition) is 1. The van der Waals surface area contributed by atoms with Gasteiger partial charge in [0.2, 0.25) is 0 Å². The highest BCUT2D eigenvalue weighted by Gasteiger charge is 2.21. The molecule has 2 aromatic rings. The molecule has 0 fully saturated rings. The first-order chi connectivity index (χ1) is 7.43. The van der Waals surface area contributed by atoms with E-state index in [1.807, 2.05) is 0 Å². The van der Waals surface area contributed by atoms with Gasteiger partial charge < -0.3 is 9.67 Å². The molecule has 0 radical (unpaired) electrons. The van der Waals surface area contributed by atoms with E-state index in [9.17, 15) is 4.79 Å². The highest BCUT2D eigenvalue weighted by atomic mass is 35.5. The van der Waals surface area contributed by atoms with E-state index in [0.717, 1.165) is 0 Å². The fraction of sp³-hybridized carbons (Fsp3) is 0.100. The largest absolute Gasteiger partial charge is 0.478 e. The fourth-order valence-electron chi connectivity index (χ4n) is 1.64. The van der Waals surface area contributed by atoms with Crippen LogP contribution in [0.15, 0.2) is 12.1 Å². The van der Waals surface area contributed by atoms with Crippen molar-refractivity contribution in [2.45, 2.75) is 0 Å². The Morgan fingerprint density at radius 2 is 1.94 bits per heavy atom. The Morgan fingerprint density at radius 1 is 1.31 bits per heavy atom. The van der Waals surface area contributed by atoms with Gasteiger partial charge >= 0.3 is 5.97 Å². The van der Waals surface area contributed by atoms with Gasteiger partial charge in [0.25, 0.3) is 0 Å². The molecule has 0 unspecified atom stereocenters. The van der Waals surface area contributed by atoms with Gasteiger partial charge in [0.15, 0.2) is 0 Å². The summed E-state index contributed by atoms with van der Waals surface area (Å²) in [7, 11) is 1.66. The molecule has 0 aliphatic rings. The molecule has 0 amide bonds. The third-order valence-corrected chi connectivity index (χ3v) is 3.32. The van der Waals surface area contributed by atoms with Crippen LogP contribution in [0.1, 0.15) is 10.4 Å². The minimum atomic E-state index is -1.11. The van der Waals surface area contributed by atoms with E-state index in [1.165, 1.54) is 10.6 Å². The van der Waals surface area contributed by atoms with Crippen LogP contribution in [0.2, 0.25) is 15.2 Å². The number of halogens is 3. The first-order valence-corrected chi connectivity index (χ1v) is 5.43. The number of aryl methyl sites for hydroxylation is 1. The second-order valence-electron chi connectivity index (χ2n) is 3.31. The summed E-state index contributed by atoms with van der Waals surface area (Å²) in [4.78, 5) is 11.1. The van der Waals surface area contributed by atoms with Crippen molar-refractivity contribution in [1.82, 2.24) is 4.57 Å². The molecule has 0 saturated carbocycles. The first-order valence-electron chi connectivity index (χ1n) is 4.29. The Morgan fingerprint density at radius 3 is 2.50 bits per heavy atom. The molecular formula is C10H6Cl3NO2. The average molecular weight is 279 g/mol. The average Bonchev–Trinajstić information content (AvgIpc) is 2.42. The number of carbonyl (C=O) groups is 1. The van der Waals surface area contributed by atoms with Crippen LogP contribution in [0.5, 0.6) is 0 Å². The SMILES string of the molecule is Cn1c(Cl)c(C(=O)O)c2c(Cl)cc(Cl)cc21. The van der Waals surface area contributed by atoms with E-state index < -0.39 is 5.97 Å². The summed E-state index contributed by atoms with van der Waals surface area (Å²) in [5, 5.41) is 10.3. The van der Waals surface area contributed by atoms with Crippen LogP contribution in [-0.2, 0) is 7.05 Å². The van der Waals surface area contributed by atoms with Crippen LogP contribution in [0.4, 0.5) is 0 Å². The number of benzene rings is 1. The van der Waals surface area contributed by atoms with Gasteiger partial charge in [-0.05, 0) is 12.1 Å². The number of fused-ring (bicyclic) bond motifs is 1. The third kappa shape index (κ3) is 1.56. The van der Waals surface area contributed by atoms with Crippen molar-refractivity contribution in [1.29, 1.82) is 0 Å². The van der Waals surface area contributed by atoms with E-state index >= 15 is 0 Å². The summed E-state index contributed by atoms with van der Waals surface area (Å²) in [6.45, 7) is 0. The van der Waals surface area contributed by atoms with Crippen LogP contribution in [-0.4, -0.2) is 15.6 Å². The number of aromatic carboxylic acids is 1. The maximum Gasteiger partial charge on any atom is 0.339 e. The standard InChI is InChI=1S/C10H6Cl3NO2/c1-14-6-3-4(11)2-5(12)7(6)8(9(14)13)10(15)16/h2-3H,1H3,(H,15,16). The van der Waals surface area contributed by atoms with Crippen molar-refractivity contribution in [2.24, 2.45) is 7.05 Å². The highest BCUT2D eigenvalue weighted by molar-refractivity contribution is 6.42. The molecule has 0 spiro atoms. The second-order valence-corrected chi connectivity index (χ2v) is 4.51. The molecule has 1 aromatic heterocycles. The van der Waals surface area contributed by atoms with E-state index in [1.54, 1.807) is 13.1 Å². The Kier molecular flexibility index (Phi) is 2.78. The van der Waals surface area contributed by atoms with E-state index in [-0.39, 0.29) is 15.7 Å². The quantitative estimate of drug-likeness (QED) is 0.861. The summed E-state index contributed by atoms with van der Waals surface area (Å²) in [6, 6.07) is 3.12. The number of hydrogen-bond donors (Lipinski definition) is 1. The molecule has 84 valence electrons. The van der Waals surface area contributed by atoms with Gasteiger partial charge in [-0.3, -0.25) is 0 Å². The molecule has 0 bridgehead atoms. The van der Waals surface area contributed by atoms with Gasteiger partial charge in [-0.1, -0.05) is 34.8 Å². The number of carboxylic acids is 1. The van der Waals surface area contributed by atoms with Gasteiger partial charge in [0.1, 0.15) is 10.7 Å². The van der Waals surface area contributed by atoms with Gasteiger partial charge in [-0.25, -0.2) is 4.79 Å². The van der Waals surface area contributed by atoms with Crippen LogP contribution in [0.3, 0.4) is 0 Å². The molecule has 0 aliphatic heterocycles. The molecule has 1 heterocycles.